The van der Waals surface area contributed by atoms with Crippen molar-refractivity contribution >= 4 is 0 Å². The molecule has 1 heterocycles. The highest BCUT2D eigenvalue weighted by atomic mass is 16.5. The van der Waals surface area contributed by atoms with E-state index in [0.29, 0.717) is 0 Å². The molecular weight excluding hydrogens is 224 g/mol. The first-order chi connectivity index (χ1) is 8.88. The first-order valence-electron chi connectivity index (χ1n) is 6.97. The van der Waals surface area contributed by atoms with Gasteiger partial charge in [-0.3, -0.25) is 4.90 Å². The molecule has 0 saturated carbocycles. The predicted octanol–water partition coefficient (Wildman–Crippen LogP) is 1.67. The number of ether oxygens (including phenoxy) is 1. The van der Waals surface area contributed by atoms with Gasteiger partial charge in [0.05, 0.1) is 13.2 Å². The van der Waals surface area contributed by atoms with Crippen molar-refractivity contribution in [2.75, 3.05) is 39.4 Å². The molecule has 18 heavy (non-hydrogen) atoms. The largest absolute Gasteiger partial charge is 0.379 e. The molecule has 0 spiro atoms. The van der Waals surface area contributed by atoms with Crippen LogP contribution in [0.4, 0.5) is 0 Å². The van der Waals surface area contributed by atoms with Gasteiger partial charge < -0.3 is 10.1 Å². The van der Waals surface area contributed by atoms with Crippen molar-refractivity contribution in [2.45, 2.75) is 19.9 Å². The lowest BCUT2D eigenvalue weighted by Crippen LogP contribution is -2.40. The minimum absolute atomic E-state index is 0.887. The van der Waals surface area contributed by atoms with Crippen molar-refractivity contribution in [2.24, 2.45) is 0 Å². The molecule has 1 aromatic rings. The Labute approximate surface area is 110 Å². The number of aryl methyl sites for hydroxylation is 1. The Bertz CT molecular complexity index is 331. The zero-order valence-corrected chi connectivity index (χ0v) is 11.3. The second kappa shape index (κ2) is 7.52. The van der Waals surface area contributed by atoms with Gasteiger partial charge in [-0.25, -0.2) is 0 Å². The third kappa shape index (κ3) is 4.41. The van der Waals surface area contributed by atoms with E-state index >= 15 is 0 Å². The predicted molar refractivity (Wildman–Crippen MR) is 74.8 cm³/mol. The Kier molecular flexibility index (Phi) is 5.65. The van der Waals surface area contributed by atoms with E-state index in [9.17, 15) is 0 Å². The van der Waals surface area contributed by atoms with E-state index < -0.39 is 0 Å². The summed E-state index contributed by atoms with van der Waals surface area (Å²) >= 11 is 0. The Morgan fingerprint density at radius 1 is 1.11 bits per heavy atom. The van der Waals surface area contributed by atoms with Crippen LogP contribution in [0.15, 0.2) is 24.3 Å². The average molecular weight is 248 g/mol. The van der Waals surface area contributed by atoms with Crippen LogP contribution in [0.5, 0.6) is 0 Å². The summed E-state index contributed by atoms with van der Waals surface area (Å²) < 4.78 is 5.34. The van der Waals surface area contributed by atoms with Crippen LogP contribution in [0.25, 0.3) is 0 Å². The molecule has 1 N–H and O–H groups in total. The number of hydrogen-bond donors (Lipinski definition) is 1. The number of morpholine rings is 1. The second-order valence-corrected chi connectivity index (χ2v) is 4.80. The molecule has 1 aliphatic heterocycles. The minimum atomic E-state index is 0.887. The highest BCUT2D eigenvalue weighted by molar-refractivity contribution is 5.22. The number of hydrogen-bond acceptors (Lipinski definition) is 3. The number of nitrogens with one attached hydrogen (secondary N) is 1. The number of rotatable bonds is 6. The van der Waals surface area contributed by atoms with Gasteiger partial charge in [0.15, 0.2) is 0 Å². The normalized spacial score (nSPS) is 16.9. The molecule has 100 valence electrons. The van der Waals surface area contributed by atoms with E-state index in [1.165, 1.54) is 11.1 Å². The second-order valence-electron chi connectivity index (χ2n) is 4.80. The first-order valence-corrected chi connectivity index (χ1v) is 6.97. The molecule has 1 aromatic carbocycles. The molecule has 0 amide bonds. The Balaban J connectivity index is 1.62. The van der Waals surface area contributed by atoms with Gasteiger partial charge in [-0.15, -0.1) is 0 Å². The zero-order valence-electron chi connectivity index (χ0n) is 11.3. The van der Waals surface area contributed by atoms with Crippen LogP contribution in [-0.2, 0) is 17.7 Å². The summed E-state index contributed by atoms with van der Waals surface area (Å²) in [5, 5.41) is 3.50. The van der Waals surface area contributed by atoms with E-state index in [1.54, 1.807) is 0 Å². The van der Waals surface area contributed by atoms with Crippen molar-refractivity contribution in [3.05, 3.63) is 35.4 Å². The van der Waals surface area contributed by atoms with Gasteiger partial charge in [0, 0.05) is 32.7 Å². The van der Waals surface area contributed by atoms with Crippen molar-refractivity contribution in [3.63, 3.8) is 0 Å². The highest BCUT2D eigenvalue weighted by Gasteiger charge is 2.08. The average Bonchev–Trinajstić information content (AvgIpc) is 2.45. The van der Waals surface area contributed by atoms with Crippen LogP contribution in [0.1, 0.15) is 18.1 Å². The molecule has 0 aromatic heterocycles. The first kappa shape index (κ1) is 13.5. The van der Waals surface area contributed by atoms with Gasteiger partial charge in [-0.1, -0.05) is 31.2 Å². The molecule has 1 aliphatic rings. The maximum atomic E-state index is 5.34. The van der Waals surface area contributed by atoms with Gasteiger partial charge in [0.1, 0.15) is 0 Å². The molecule has 0 aliphatic carbocycles. The molecular formula is C15H24N2O. The minimum Gasteiger partial charge on any atom is -0.379 e. The van der Waals surface area contributed by atoms with Crippen molar-refractivity contribution in [1.29, 1.82) is 0 Å². The maximum absolute atomic E-state index is 5.34. The van der Waals surface area contributed by atoms with Gasteiger partial charge >= 0.3 is 0 Å². The fraction of sp³-hybridized carbons (Fsp3) is 0.600. The molecule has 3 heteroatoms. The third-order valence-corrected chi connectivity index (χ3v) is 3.47. The van der Waals surface area contributed by atoms with E-state index in [0.717, 1.165) is 52.4 Å². The fourth-order valence-corrected chi connectivity index (χ4v) is 2.19. The molecule has 1 fully saturated rings. The van der Waals surface area contributed by atoms with Gasteiger partial charge in [-0.2, -0.15) is 0 Å². The number of benzene rings is 1. The molecule has 0 bridgehead atoms. The standard InChI is InChI=1S/C15H24N2O/c1-2-14-3-5-15(6-4-14)13-16-7-8-17-9-11-18-12-10-17/h3-6,16H,2,7-13H2,1H3. The molecule has 0 radical (unpaired) electrons. The molecule has 0 atom stereocenters. The van der Waals surface area contributed by atoms with E-state index in [4.69, 9.17) is 4.74 Å². The lowest BCUT2D eigenvalue weighted by Gasteiger charge is -2.26. The Morgan fingerprint density at radius 3 is 2.44 bits per heavy atom. The highest BCUT2D eigenvalue weighted by Crippen LogP contribution is 2.04. The quantitative estimate of drug-likeness (QED) is 0.775. The van der Waals surface area contributed by atoms with Crippen molar-refractivity contribution in [1.82, 2.24) is 10.2 Å². The SMILES string of the molecule is CCc1ccc(CNCCN2CCOCC2)cc1. The van der Waals surface area contributed by atoms with Crippen LogP contribution < -0.4 is 5.32 Å². The molecule has 1 saturated heterocycles. The van der Waals surface area contributed by atoms with E-state index in [-0.39, 0.29) is 0 Å². The molecule has 2 rings (SSSR count). The zero-order chi connectivity index (χ0) is 12.6. The van der Waals surface area contributed by atoms with Crippen LogP contribution in [0.2, 0.25) is 0 Å². The summed E-state index contributed by atoms with van der Waals surface area (Å²) in [6.45, 7) is 9.26. The topological polar surface area (TPSA) is 24.5 Å². The summed E-state index contributed by atoms with van der Waals surface area (Å²) in [5.41, 5.74) is 2.78. The summed E-state index contributed by atoms with van der Waals surface area (Å²) in [7, 11) is 0. The van der Waals surface area contributed by atoms with Crippen molar-refractivity contribution in [3.8, 4) is 0 Å². The molecule has 0 unspecified atom stereocenters. The summed E-state index contributed by atoms with van der Waals surface area (Å²) in [4.78, 5) is 2.46. The van der Waals surface area contributed by atoms with Crippen molar-refractivity contribution < 1.29 is 4.74 Å². The number of nitrogens with zero attached hydrogens (tertiary/aromatic N) is 1. The maximum Gasteiger partial charge on any atom is 0.0594 e. The van der Waals surface area contributed by atoms with E-state index in [1.807, 2.05) is 0 Å². The van der Waals surface area contributed by atoms with Gasteiger partial charge in [0.2, 0.25) is 0 Å². The van der Waals surface area contributed by atoms with Crippen LogP contribution in [0, 0.1) is 0 Å². The third-order valence-electron chi connectivity index (χ3n) is 3.47. The Morgan fingerprint density at radius 2 is 1.78 bits per heavy atom. The van der Waals surface area contributed by atoms with E-state index in [2.05, 4.69) is 41.4 Å². The van der Waals surface area contributed by atoms with Gasteiger partial charge in [-0.05, 0) is 17.5 Å². The van der Waals surface area contributed by atoms with Crippen LogP contribution in [0.3, 0.4) is 0 Å². The van der Waals surface area contributed by atoms with Crippen LogP contribution in [-0.4, -0.2) is 44.3 Å². The smallest absolute Gasteiger partial charge is 0.0594 e. The van der Waals surface area contributed by atoms with Crippen LogP contribution >= 0.6 is 0 Å². The van der Waals surface area contributed by atoms with Gasteiger partial charge in [0.25, 0.3) is 0 Å². The molecule has 3 nitrogen and oxygen atoms in total. The fourth-order valence-electron chi connectivity index (χ4n) is 2.19. The Hall–Kier alpha value is -0.900. The lowest BCUT2D eigenvalue weighted by atomic mass is 10.1. The summed E-state index contributed by atoms with van der Waals surface area (Å²) in [6, 6.07) is 8.89. The lowest BCUT2D eigenvalue weighted by molar-refractivity contribution is 0.0384. The summed E-state index contributed by atoms with van der Waals surface area (Å²) in [6.07, 6.45) is 1.12. The monoisotopic (exact) mass is 248 g/mol. The summed E-state index contributed by atoms with van der Waals surface area (Å²) in [5.74, 6) is 0.